The monoisotopic (exact) mass is 449 g/mol. The van der Waals surface area contributed by atoms with Crippen molar-refractivity contribution in [1.29, 1.82) is 0 Å². The van der Waals surface area contributed by atoms with Gasteiger partial charge in [-0.15, -0.1) is 0 Å². The first-order valence-corrected chi connectivity index (χ1v) is 10.8. The lowest BCUT2D eigenvalue weighted by Crippen LogP contribution is -2.50. The predicted octanol–water partition coefficient (Wildman–Crippen LogP) is 3.76. The molecular weight excluding hydrogens is 429 g/mol. The number of anilines is 2. The van der Waals surface area contributed by atoms with Crippen LogP contribution in [0, 0.1) is 5.82 Å². The van der Waals surface area contributed by atoms with Crippen molar-refractivity contribution in [1.82, 2.24) is 14.9 Å². The number of hydrogen-bond acceptors (Lipinski definition) is 6. The fraction of sp³-hybridized carbons (Fsp3) is 0.350. The molecule has 158 valence electrons. The van der Waals surface area contributed by atoms with Crippen molar-refractivity contribution in [2.24, 2.45) is 0 Å². The molecule has 1 fully saturated rings. The number of benzene rings is 1. The maximum absolute atomic E-state index is 13.3. The van der Waals surface area contributed by atoms with Crippen LogP contribution in [0.3, 0.4) is 0 Å². The van der Waals surface area contributed by atoms with Crippen LogP contribution in [0.2, 0.25) is 5.02 Å². The van der Waals surface area contributed by atoms with E-state index < -0.39 is 6.10 Å². The van der Waals surface area contributed by atoms with E-state index in [1.165, 1.54) is 23.5 Å². The minimum absolute atomic E-state index is 0.236. The Labute approximate surface area is 182 Å². The SMILES string of the molecule is CC(O)Cc1cnc(N2CCN(C(=O)Nc3nc4ccc(F)cc4s3)CC2)c(Cl)c1. The van der Waals surface area contributed by atoms with Crippen LogP contribution < -0.4 is 10.2 Å². The third-order valence-electron chi connectivity index (χ3n) is 4.84. The van der Waals surface area contributed by atoms with Crippen molar-refractivity contribution in [3.8, 4) is 0 Å². The molecule has 2 N–H and O–H groups in total. The standard InChI is InChI=1S/C20H21ClFN5O2S/c1-12(28)8-13-9-15(21)18(23-11-13)26-4-6-27(7-5-26)20(29)25-19-24-16-3-2-14(22)10-17(16)30-19/h2-3,9-12,28H,4-8H2,1H3,(H,24,25,29). The van der Waals surface area contributed by atoms with E-state index in [2.05, 4.69) is 15.3 Å². The summed E-state index contributed by atoms with van der Waals surface area (Å²) in [5, 5.41) is 13.3. The van der Waals surface area contributed by atoms with Gasteiger partial charge in [0.25, 0.3) is 0 Å². The van der Waals surface area contributed by atoms with Gasteiger partial charge in [-0.05, 0) is 43.2 Å². The Kier molecular flexibility index (Phi) is 6.03. The average Bonchev–Trinajstić information content (AvgIpc) is 3.09. The number of nitrogens with one attached hydrogen (secondary N) is 1. The maximum atomic E-state index is 13.3. The van der Waals surface area contributed by atoms with Crippen molar-refractivity contribution in [3.05, 3.63) is 46.9 Å². The van der Waals surface area contributed by atoms with Crippen molar-refractivity contribution < 1.29 is 14.3 Å². The van der Waals surface area contributed by atoms with E-state index in [4.69, 9.17) is 11.6 Å². The number of aliphatic hydroxyl groups is 1. The first-order chi connectivity index (χ1) is 14.4. The number of carbonyl (C=O) groups excluding carboxylic acids is 1. The Morgan fingerprint density at radius 1 is 1.33 bits per heavy atom. The van der Waals surface area contributed by atoms with Gasteiger partial charge in [0.2, 0.25) is 0 Å². The number of fused-ring (bicyclic) bond motifs is 1. The van der Waals surface area contributed by atoms with Gasteiger partial charge in [0.05, 0.1) is 21.3 Å². The molecule has 4 rings (SSSR count). The topological polar surface area (TPSA) is 81.6 Å². The molecule has 30 heavy (non-hydrogen) atoms. The largest absolute Gasteiger partial charge is 0.393 e. The zero-order valence-electron chi connectivity index (χ0n) is 16.3. The van der Waals surface area contributed by atoms with E-state index in [1.54, 1.807) is 24.1 Å². The van der Waals surface area contributed by atoms with Crippen molar-refractivity contribution in [3.63, 3.8) is 0 Å². The Hall–Kier alpha value is -2.49. The van der Waals surface area contributed by atoms with E-state index in [-0.39, 0.29) is 11.8 Å². The number of amides is 2. The summed E-state index contributed by atoms with van der Waals surface area (Å²) in [5.41, 5.74) is 1.54. The van der Waals surface area contributed by atoms with Crippen LogP contribution in [0.15, 0.2) is 30.5 Å². The number of halogens is 2. The number of aliphatic hydroxyl groups excluding tert-OH is 1. The quantitative estimate of drug-likeness (QED) is 0.633. The van der Waals surface area contributed by atoms with Crippen molar-refractivity contribution in [2.45, 2.75) is 19.4 Å². The minimum Gasteiger partial charge on any atom is -0.393 e. The summed E-state index contributed by atoms with van der Waals surface area (Å²) in [6.07, 6.45) is 1.77. The van der Waals surface area contributed by atoms with E-state index in [0.29, 0.717) is 58.8 Å². The second kappa shape index (κ2) is 8.71. The molecule has 1 aliphatic rings. The summed E-state index contributed by atoms with van der Waals surface area (Å²) in [5.74, 6) is 0.352. The van der Waals surface area contributed by atoms with Crippen molar-refractivity contribution in [2.75, 3.05) is 36.4 Å². The molecule has 1 unspecified atom stereocenters. The molecule has 2 aromatic heterocycles. The smallest absolute Gasteiger partial charge is 0.323 e. The predicted molar refractivity (Wildman–Crippen MR) is 117 cm³/mol. The second-order valence-electron chi connectivity index (χ2n) is 7.24. The number of aromatic nitrogens is 2. The van der Waals surface area contributed by atoms with E-state index in [1.807, 2.05) is 11.0 Å². The van der Waals surface area contributed by atoms with E-state index in [0.717, 1.165) is 5.56 Å². The van der Waals surface area contributed by atoms with Gasteiger partial charge in [0, 0.05) is 32.4 Å². The van der Waals surface area contributed by atoms with Crippen LogP contribution in [0.4, 0.5) is 20.1 Å². The molecule has 1 atom stereocenters. The molecule has 0 bridgehead atoms. The molecule has 0 spiro atoms. The Balaban J connectivity index is 1.36. The summed E-state index contributed by atoms with van der Waals surface area (Å²) in [6.45, 7) is 3.94. The average molecular weight is 450 g/mol. The molecule has 3 aromatic rings. The number of piperazine rings is 1. The van der Waals surface area contributed by atoms with Crippen LogP contribution in [-0.4, -0.2) is 58.3 Å². The second-order valence-corrected chi connectivity index (χ2v) is 8.68. The minimum atomic E-state index is -0.453. The van der Waals surface area contributed by atoms with Gasteiger partial charge in [-0.1, -0.05) is 22.9 Å². The lowest BCUT2D eigenvalue weighted by atomic mass is 10.1. The molecule has 3 heterocycles. The highest BCUT2D eigenvalue weighted by atomic mass is 35.5. The zero-order chi connectivity index (χ0) is 21.3. The van der Waals surface area contributed by atoms with Crippen LogP contribution in [0.5, 0.6) is 0 Å². The summed E-state index contributed by atoms with van der Waals surface area (Å²) in [6, 6.07) is 5.94. The Morgan fingerprint density at radius 2 is 2.10 bits per heavy atom. The third kappa shape index (κ3) is 4.63. The Bertz CT molecular complexity index is 1070. The Morgan fingerprint density at radius 3 is 2.80 bits per heavy atom. The number of carbonyl (C=O) groups is 1. The normalized spacial score (nSPS) is 15.5. The molecule has 1 aromatic carbocycles. The molecule has 1 aliphatic heterocycles. The lowest BCUT2D eigenvalue weighted by molar-refractivity contribution is 0.195. The number of nitrogens with zero attached hydrogens (tertiary/aromatic N) is 4. The van der Waals surface area contributed by atoms with Gasteiger partial charge in [-0.2, -0.15) is 0 Å². The molecule has 0 aliphatic carbocycles. The number of thiazole rings is 1. The van der Waals surface area contributed by atoms with Gasteiger partial charge in [-0.3, -0.25) is 5.32 Å². The number of pyridine rings is 1. The van der Waals surface area contributed by atoms with Gasteiger partial charge in [0.15, 0.2) is 5.13 Å². The molecule has 1 saturated heterocycles. The zero-order valence-corrected chi connectivity index (χ0v) is 17.9. The van der Waals surface area contributed by atoms with Crippen LogP contribution in [0.25, 0.3) is 10.2 Å². The highest BCUT2D eigenvalue weighted by molar-refractivity contribution is 7.22. The first-order valence-electron chi connectivity index (χ1n) is 9.58. The van der Waals surface area contributed by atoms with Crippen LogP contribution >= 0.6 is 22.9 Å². The molecule has 10 heteroatoms. The molecule has 7 nitrogen and oxygen atoms in total. The first kappa shape index (κ1) is 20.8. The molecule has 0 radical (unpaired) electrons. The van der Waals surface area contributed by atoms with Gasteiger partial charge in [0.1, 0.15) is 11.6 Å². The van der Waals surface area contributed by atoms with E-state index in [9.17, 15) is 14.3 Å². The fourth-order valence-corrected chi connectivity index (χ4v) is 4.59. The molecule has 0 saturated carbocycles. The summed E-state index contributed by atoms with van der Waals surface area (Å²) in [4.78, 5) is 25.1. The van der Waals surface area contributed by atoms with Gasteiger partial charge >= 0.3 is 6.03 Å². The highest BCUT2D eigenvalue weighted by Gasteiger charge is 2.24. The lowest BCUT2D eigenvalue weighted by Gasteiger charge is -2.35. The highest BCUT2D eigenvalue weighted by Crippen LogP contribution is 2.28. The maximum Gasteiger partial charge on any atom is 0.323 e. The third-order valence-corrected chi connectivity index (χ3v) is 6.05. The van der Waals surface area contributed by atoms with Gasteiger partial charge in [-0.25, -0.2) is 19.2 Å². The number of rotatable bonds is 4. The number of urea groups is 1. The van der Waals surface area contributed by atoms with Crippen LogP contribution in [-0.2, 0) is 6.42 Å². The molecule has 2 amide bonds. The van der Waals surface area contributed by atoms with Crippen molar-refractivity contribution >= 4 is 50.1 Å². The van der Waals surface area contributed by atoms with E-state index >= 15 is 0 Å². The summed E-state index contributed by atoms with van der Waals surface area (Å²) < 4.78 is 14.0. The summed E-state index contributed by atoms with van der Waals surface area (Å²) >= 11 is 7.63. The summed E-state index contributed by atoms with van der Waals surface area (Å²) in [7, 11) is 0. The van der Waals surface area contributed by atoms with Crippen LogP contribution in [0.1, 0.15) is 12.5 Å². The van der Waals surface area contributed by atoms with Gasteiger partial charge < -0.3 is 14.9 Å². The number of hydrogen-bond donors (Lipinski definition) is 2. The molecular formula is C20H21ClFN5O2S. The fourth-order valence-electron chi connectivity index (χ4n) is 3.40.